The van der Waals surface area contributed by atoms with Crippen LogP contribution in [0.2, 0.25) is 0 Å². The van der Waals surface area contributed by atoms with Crippen molar-refractivity contribution >= 4 is 11.9 Å². The van der Waals surface area contributed by atoms with Crippen LogP contribution in [0.4, 0.5) is 13.6 Å². The highest BCUT2D eigenvalue weighted by atomic mass is 19.1. The van der Waals surface area contributed by atoms with E-state index in [1.165, 1.54) is 4.90 Å². The zero-order valence-corrected chi connectivity index (χ0v) is 13.4. The summed E-state index contributed by atoms with van der Waals surface area (Å²) in [6.45, 7) is 0.718. The summed E-state index contributed by atoms with van der Waals surface area (Å²) in [7, 11) is 0. The fraction of sp³-hybridized carbons (Fsp3) is 0.529. The molecule has 5 nitrogen and oxygen atoms in total. The van der Waals surface area contributed by atoms with Gasteiger partial charge >= 0.3 is 6.03 Å². The number of rotatable bonds is 5. The smallest absolute Gasteiger partial charge is 0.318 e. The first kappa shape index (κ1) is 16.7. The largest absolute Gasteiger partial charge is 0.352 e. The highest BCUT2D eigenvalue weighted by Crippen LogP contribution is 2.22. The zero-order valence-electron chi connectivity index (χ0n) is 13.4. The zero-order chi connectivity index (χ0) is 17.1. The van der Waals surface area contributed by atoms with Crippen LogP contribution in [0.25, 0.3) is 0 Å². The second-order valence-electron chi connectivity index (χ2n) is 6.35. The molecule has 7 heteroatoms. The Labute approximate surface area is 139 Å². The molecule has 24 heavy (non-hydrogen) atoms. The number of likely N-dealkylation sites (tertiary alicyclic amines) is 1. The molecule has 0 radical (unpaired) electrons. The fourth-order valence-corrected chi connectivity index (χ4v) is 2.95. The van der Waals surface area contributed by atoms with Crippen LogP contribution < -0.4 is 10.6 Å². The molecule has 3 amide bonds. The summed E-state index contributed by atoms with van der Waals surface area (Å²) in [4.78, 5) is 26.0. The number of amides is 3. The monoisotopic (exact) mass is 337 g/mol. The van der Waals surface area contributed by atoms with Crippen LogP contribution in [0.5, 0.6) is 0 Å². The van der Waals surface area contributed by atoms with E-state index < -0.39 is 17.7 Å². The van der Waals surface area contributed by atoms with E-state index in [1.807, 2.05) is 0 Å². The normalized spacial score (nSPS) is 20.1. The summed E-state index contributed by atoms with van der Waals surface area (Å²) in [5, 5.41) is 5.62. The van der Waals surface area contributed by atoms with Crippen molar-refractivity contribution in [3.8, 4) is 0 Å². The van der Waals surface area contributed by atoms with Gasteiger partial charge in [0.2, 0.25) is 5.91 Å². The van der Waals surface area contributed by atoms with Crippen molar-refractivity contribution in [2.75, 3.05) is 13.1 Å². The molecule has 0 aromatic heterocycles. The number of carbonyl (C=O) groups is 2. The predicted octanol–water partition coefficient (Wildman–Crippen LogP) is 1.96. The van der Waals surface area contributed by atoms with Gasteiger partial charge in [-0.15, -0.1) is 0 Å². The lowest BCUT2D eigenvalue weighted by atomic mass is 10.1. The lowest BCUT2D eigenvalue weighted by Crippen LogP contribution is -2.50. The first-order valence-electron chi connectivity index (χ1n) is 8.33. The van der Waals surface area contributed by atoms with Crippen molar-refractivity contribution in [2.24, 2.45) is 0 Å². The van der Waals surface area contributed by atoms with E-state index in [2.05, 4.69) is 10.6 Å². The molecule has 1 saturated carbocycles. The van der Waals surface area contributed by atoms with Crippen molar-refractivity contribution in [3.05, 3.63) is 35.4 Å². The van der Waals surface area contributed by atoms with Crippen LogP contribution in [-0.2, 0) is 11.2 Å². The summed E-state index contributed by atoms with van der Waals surface area (Å²) in [5.41, 5.74) is 0.222. The summed E-state index contributed by atoms with van der Waals surface area (Å²) in [6.07, 6.45) is 3.65. The van der Waals surface area contributed by atoms with E-state index >= 15 is 0 Å². The van der Waals surface area contributed by atoms with Gasteiger partial charge in [-0.3, -0.25) is 4.79 Å². The van der Waals surface area contributed by atoms with Gasteiger partial charge in [0.25, 0.3) is 0 Å². The van der Waals surface area contributed by atoms with Crippen LogP contribution in [0.3, 0.4) is 0 Å². The number of halogens is 2. The Hall–Kier alpha value is -2.18. The molecule has 1 aliphatic carbocycles. The summed E-state index contributed by atoms with van der Waals surface area (Å²) < 4.78 is 26.7. The molecule has 3 rings (SSSR count). The molecular formula is C17H21F2N3O2. The maximum absolute atomic E-state index is 13.5. The predicted molar refractivity (Wildman–Crippen MR) is 84.4 cm³/mol. The Morgan fingerprint density at radius 1 is 1.21 bits per heavy atom. The van der Waals surface area contributed by atoms with Gasteiger partial charge < -0.3 is 15.5 Å². The third-order valence-corrected chi connectivity index (χ3v) is 4.42. The first-order valence-corrected chi connectivity index (χ1v) is 8.33. The summed E-state index contributed by atoms with van der Waals surface area (Å²) in [5.74, 6) is -1.09. The van der Waals surface area contributed by atoms with Crippen LogP contribution in [0.15, 0.2) is 18.2 Å². The van der Waals surface area contributed by atoms with Gasteiger partial charge in [0.1, 0.15) is 17.7 Å². The van der Waals surface area contributed by atoms with E-state index in [1.54, 1.807) is 0 Å². The average Bonchev–Trinajstić information content (AvgIpc) is 3.22. The van der Waals surface area contributed by atoms with E-state index in [9.17, 15) is 18.4 Å². The number of nitrogens with one attached hydrogen (secondary N) is 2. The minimum atomic E-state index is -0.505. The highest BCUT2D eigenvalue weighted by Gasteiger charge is 2.36. The first-order chi connectivity index (χ1) is 11.5. The van der Waals surface area contributed by atoms with Gasteiger partial charge in [-0.05, 0) is 55.9 Å². The van der Waals surface area contributed by atoms with Crippen LogP contribution in [0.1, 0.15) is 31.2 Å². The molecule has 0 spiro atoms. The van der Waals surface area contributed by atoms with Gasteiger partial charge in [0.15, 0.2) is 0 Å². The van der Waals surface area contributed by atoms with Gasteiger partial charge in [0.05, 0.1) is 0 Å². The minimum Gasteiger partial charge on any atom is -0.352 e. The van der Waals surface area contributed by atoms with Crippen LogP contribution in [-0.4, -0.2) is 42.0 Å². The number of hydrogen-bond donors (Lipinski definition) is 2. The van der Waals surface area contributed by atoms with E-state index in [0.29, 0.717) is 13.0 Å². The molecule has 0 unspecified atom stereocenters. The molecule has 1 aromatic rings. The standard InChI is InChI=1S/C17H21F2N3O2/c18-12-3-6-14(19)11(10-12)7-8-20-17(24)22-9-1-2-15(22)16(23)21-13-4-5-13/h3,6,10,13,15H,1-2,4-5,7-9H2,(H,20,24)(H,21,23)/t15-/m0/s1. The molecule has 2 fully saturated rings. The number of nitrogens with zero attached hydrogens (tertiary/aromatic N) is 1. The Morgan fingerprint density at radius 3 is 2.75 bits per heavy atom. The third-order valence-electron chi connectivity index (χ3n) is 4.42. The Morgan fingerprint density at radius 2 is 2.00 bits per heavy atom. The lowest BCUT2D eigenvalue weighted by molar-refractivity contribution is -0.124. The van der Waals surface area contributed by atoms with Crippen molar-refractivity contribution in [2.45, 2.75) is 44.2 Å². The van der Waals surface area contributed by atoms with Gasteiger partial charge in [-0.25, -0.2) is 13.6 Å². The van der Waals surface area contributed by atoms with Gasteiger partial charge in [0, 0.05) is 19.1 Å². The Kier molecular flexibility index (Phi) is 4.97. The molecular weight excluding hydrogens is 316 g/mol. The van der Waals surface area contributed by atoms with Crippen molar-refractivity contribution in [1.82, 2.24) is 15.5 Å². The molecule has 130 valence electrons. The van der Waals surface area contributed by atoms with Crippen molar-refractivity contribution in [3.63, 3.8) is 0 Å². The number of carbonyl (C=O) groups excluding carboxylic acids is 2. The molecule has 1 aliphatic heterocycles. The molecule has 1 aromatic carbocycles. The lowest BCUT2D eigenvalue weighted by Gasteiger charge is -2.24. The summed E-state index contributed by atoms with van der Waals surface area (Å²) in [6, 6.07) is 2.76. The average molecular weight is 337 g/mol. The second kappa shape index (κ2) is 7.15. The Balaban J connectivity index is 1.50. The number of benzene rings is 1. The number of hydrogen-bond acceptors (Lipinski definition) is 2. The van der Waals surface area contributed by atoms with Gasteiger partial charge in [-0.2, -0.15) is 0 Å². The minimum absolute atomic E-state index is 0.0960. The second-order valence-corrected chi connectivity index (χ2v) is 6.35. The molecule has 2 N–H and O–H groups in total. The maximum atomic E-state index is 13.5. The van der Waals surface area contributed by atoms with Crippen LogP contribution in [0, 0.1) is 11.6 Å². The topological polar surface area (TPSA) is 61.4 Å². The Bertz CT molecular complexity index is 634. The van der Waals surface area contributed by atoms with E-state index in [0.717, 1.165) is 37.5 Å². The quantitative estimate of drug-likeness (QED) is 0.863. The SMILES string of the molecule is O=C(NC1CC1)[C@@H]1CCCN1C(=O)NCCc1cc(F)ccc1F. The van der Waals surface area contributed by atoms with E-state index in [4.69, 9.17) is 0 Å². The van der Waals surface area contributed by atoms with E-state index in [-0.39, 0.29) is 36.5 Å². The molecule has 1 atom stereocenters. The van der Waals surface area contributed by atoms with Crippen LogP contribution >= 0.6 is 0 Å². The summed E-state index contributed by atoms with van der Waals surface area (Å²) >= 11 is 0. The van der Waals surface area contributed by atoms with Gasteiger partial charge in [-0.1, -0.05) is 0 Å². The van der Waals surface area contributed by atoms with Crippen molar-refractivity contribution < 1.29 is 18.4 Å². The fourth-order valence-electron chi connectivity index (χ4n) is 2.95. The molecule has 2 aliphatic rings. The molecule has 0 bridgehead atoms. The molecule has 1 heterocycles. The van der Waals surface area contributed by atoms with Crippen molar-refractivity contribution in [1.29, 1.82) is 0 Å². The highest BCUT2D eigenvalue weighted by molar-refractivity contribution is 5.88. The molecule has 1 saturated heterocycles. The number of urea groups is 1. The third kappa shape index (κ3) is 4.01. The maximum Gasteiger partial charge on any atom is 0.318 e.